The third-order valence-electron chi connectivity index (χ3n) is 7.49. The molecule has 6 nitrogen and oxygen atoms in total. The molecule has 0 aliphatic heterocycles. The van der Waals surface area contributed by atoms with E-state index in [1.54, 1.807) is 7.11 Å². The molecule has 1 aromatic carbocycles. The number of benzene rings is 1. The number of ether oxygens (including phenoxy) is 2. The molecule has 0 radical (unpaired) electrons. The fourth-order valence-corrected chi connectivity index (χ4v) is 5.77. The first-order valence-electron chi connectivity index (χ1n) is 11.5. The summed E-state index contributed by atoms with van der Waals surface area (Å²) in [6, 6.07) is 4.06. The molecule has 2 bridgehead atoms. The van der Waals surface area contributed by atoms with Gasteiger partial charge in [0.1, 0.15) is 11.6 Å². The first-order chi connectivity index (χ1) is 15.4. The summed E-state index contributed by atoms with van der Waals surface area (Å²) in [5, 5.41) is 6.20. The van der Waals surface area contributed by atoms with Gasteiger partial charge in [-0.1, -0.05) is 11.6 Å². The molecule has 4 aliphatic rings. The van der Waals surface area contributed by atoms with E-state index in [4.69, 9.17) is 21.1 Å². The van der Waals surface area contributed by atoms with E-state index in [-0.39, 0.29) is 40.7 Å². The Hall–Kier alpha value is -1.86. The molecule has 0 unspecified atom stereocenters. The highest BCUT2D eigenvalue weighted by molar-refractivity contribution is 6.30. The molecule has 0 heterocycles. The Balaban J connectivity index is 1.18. The van der Waals surface area contributed by atoms with Gasteiger partial charge in [0.15, 0.2) is 6.61 Å². The van der Waals surface area contributed by atoms with E-state index in [0.717, 1.165) is 44.9 Å². The van der Waals surface area contributed by atoms with Crippen molar-refractivity contribution in [1.29, 1.82) is 0 Å². The van der Waals surface area contributed by atoms with Gasteiger partial charge in [-0.3, -0.25) is 9.59 Å². The first-order valence-corrected chi connectivity index (χ1v) is 11.9. The Bertz CT molecular complexity index is 837. The zero-order valence-corrected chi connectivity index (χ0v) is 19.3. The lowest BCUT2D eigenvalue weighted by Gasteiger charge is -2.37. The number of hydrogen-bond donors (Lipinski definition) is 2. The van der Waals surface area contributed by atoms with Gasteiger partial charge in [-0.25, -0.2) is 4.39 Å². The van der Waals surface area contributed by atoms with Crippen LogP contribution in [-0.4, -0.2) is 44.7 Å². The molecule has 4 fully saturated rings. The van der Waals surface area contributed by atoms with E-state index < -0.39 is 5.82 Å². The smallest absolute Gasteiger partial charge is 0.258 e. The van der Waals surface area contributed by atoms with Crippen molar-refractivity contribution in [2.75, 3.05) is 26.9 Å². The third kappa shape index (κ3) is 5.20. The molecule has 2 N–H and O–H groups in total. The number of rotatable bonds is 9. The molecule has 1 atom stereocenters. The molecular formula is C24H32ClFN2O4. The molecule has 4 aliphatic carbocycles. The summed E-state index contributed by atoms with van der Waals surface area (Å²) in [7, 11) is 1.75. The summed E-state index contributed by atoms with van der Waals surface area (Å²) in [5.74, 6) is 1.08. The molecular weight excluding hydrogens is 435 g/mol. The van der Waals surface area contributed by atoms with Crippen LogP contribution in [0.3, 0.4) is 0 Å². The second kappa shape index (κ2) is 9.96. The van der Waals surface area contributed by atoms with Gasteiger partial charge in [0.25, 0.3) is 5.91 Å². The van der Waals surface area contributed by atoms with Crippen molar-refractivity contribution in [2.45, 2.75) is 51.0 Å². The number of methoxy groups -OCH3 is 1. The lowest BCUT2D eigenvalue weighted by Crippen LogP contribution is -2.46. The Labute approximate surface area is 193 Å². The summed E-state index contributed by atoms with van der Waals surface area (Å²) >= 11 is 5.65. The molecule has 176 valence electrons. The summed E-state index contributed by atoms with van der Waals surface area (Å²) in [4.78, 5) is 25.2. The van der Waals surface area contributed by atoms with Crippen molar-refractivity contribution < 1.29 is 23.5 Å². The van der Waals surface area contributed by atoms with Gasteiger partial charge in [0, 0.05) is 32.4 Å². The summed E-state index contributed by atoms with van der Waals surface area (Å²) in [6.45, 7) is 1.38. The van der Waals surface area contributed by atoms with Gasteiger partial charge in [0.05, 0.1) is 10.4 Å². The van der Waals surface area contributed by atoms with Crippen molar-refractivity contribution in [3.05, 3.63) is 29.0 Å². The van der Waals surface area contributed by atoms with Crippen LogP contribution in [0, 0.1) is 29.0 Å². The average Bonchev–Trinajstić information content (AvgIpc) is 3.29. The standard InChI is InChI=1S/C24H32ClFN2O4/c1-31-13-16-4-2-15(3-5-16)12-27-23(30)24-9-17(10-24)21(11-24)28-22(29)14-32-18-6-7-19(25)20(26)8-18/h6-8,15-17,21H,2-5,9-14H2,1H3,(H,27,30)(H,28,29)/t15?,16?,17?,21-,24?/m0/s1. The number of fused-ring (bicyclic) bond motifs is 1. The molecule has 5 rings (SSSR count). The maximum atomic E-state index is 13.5. The van der Waals surface area contributed by atoms with Crippen LogP contribution in [0.25, 0.3) is 0 Å². The minimum atomic E-state index is -0.586. The van der Waals surface area contributed by atoms with Gasteiger partial charge in [-0.2, -0.15) is 0 Å². The van der Waals surface area contributed by atoms with E-state index >= 15 is 0 Å². The van der Waals surface area contributed by atoms with Crippen molar-refractivity contribution >= 4 is 23.4 Å². The van der Waals surface area contributed by atoms with E-state index in [2.05, 4.69) is 10.6 Å². The van der Waals surface area contributed by atoms with Crippen molar-refractivity contribution in [3.63, 3.8) is 0 Å². The first kappa shape index (κ1) is 23.3. The number of nitrogens with one attached hydrogen (secondary N) is 2. The lowest BCUT2D eigenvalue weighted by molar-refractivity contribution is -0.135. The molecule has 8 heteroatoms. The maximum absolute atomic E-state index is 13.5. The van der Waals surface area contributed by atoms with E-state index in [1.807, 2.05) is 0 Å². The normalized spacial score (nSPS) is 31.0. The van der Waals surface area contributed by atoms with Gasteiger partial charge in [-0.15, -0.1) is 0 Å². The van der Waals surface area contributed by atoms with Gasteiger partial charge >= 0.3 is 0 Å². The van der Waals surface area contributed by atoms with Crippen LogP contribution in [0.1, 0.15) is 44.9 Å². The van der Waals surface area contributed by atoms with Crippen LogP contribution in [0.15, 0.2) is 18.2 Å². The maximum Gasteiger partial charge on any atom is 0.258 e. The molecule has 2 amide bonds. The molecule has 0 aromatic heterocycles. The monoisotopic (exact) mass is 466 g/mol. The van der Waals surface area contributed by atoms with Crippen LogP contribution < -0.4 is 15.4 Å². The number of halogens is 2. The predicted octanol–water partition coefficient (Wildman–Crippen LogP) is 3.71. The molecule has 0 spiro atoms. The molecule has 32 heavy (non-hydrogen) atoms. The van der Waals surface area contributed by atoms with Crippen LogP contribution in [0.4, 0.5) is 4.39 Å². The Morgan fingerprint density at radius 2 is 1.88 bits per heavy atom. The fraction of sp³-hybridized carbons (Fsp3) is 0.667. The number of carbonyl (C=O) groups is 2. The predicted molar refractivity (Wildman–Crippen MR) is 119 cm³/mol. The van der Waals surface area contributed by atoms with Crippen LogP contribution in [0.2, 0.25) is 5.02 Å². The Morgan fingerprint density at radius 3 is 2.56 bits per heavy atom. The highest BCUT2D eigenvalue weighted by Crippen LogP contribution is 2.58. The zero-order chi connectivity index (χ0) is 22.7. The SMILES string of the molecule is COCC1CCC(CNC(=O)C23CC(C2)[C@@H](NC(=O)COc2ccc(Cl)c(F)c2)C3)CC1. The minimum absolute atomic E-state index is 0.00915. The number of carbonyl (C=O) groups excluding carboxylic acids is 2. The highest BCUT2D eigenvalue weighted by atomic mass is 35.5. The average molecular weight is 467 g/mol. The fourth-order valence-electron chi connectivity index (χ4n) is 5.66. The van der Waals surface area contributed by atoms with Crippen molar-refractivity contribution in [2.24, 2.45) is 23.2 Å². The number of amides is 2. The van der Waals surface area contributed by atoms with E-state index in [1.165, 1.54) is 25.0 Å². The largest absolute Gasteiger partial charge is 0.484 e. The van der Waals surface area contributed by atoms with Crippen LogP contribution >= 0.6 is 11.6 Å². The Morgan fingerprint density at radius 1 is 1.16 bits per heavy atom. The summed E-state index contributed by atoms with van der Waals surface area (Å²) < 4.78 is 24.1. The van der Waals surface area contributed by atoms with Gasteiger partial charge in [-0.05, 0) is 74.8 Å². The number of hydrogen-bond acceptors (Lipinski definition) is 4. The molecule has 0 saturated heterocycles. The van der Waals surface area contributed by atoms with Gasteiger partial charge < -0.3 is 20.1 Å². The quantitative estimate of drug-likeness (QED) is 0.581. The molecule has 4 saturated carbocycles. The minimum Gasteiger partial charge on any atom is -0.484 e. The zero-order valence-electron chi connectivity index (χ0n) is 18.5. The highest BCUT2D eigenvalue weighted by Gasteiger charge is 2.60. The van der Waals surface area contributed by atoms with Crippen LogP contribution in [-0.2, 0) is 14.3 Å². The van der Waals surface area contributed by atoms with E-state index in [9.17, 15) is 14.0 Å². The lowest BCUT2D eigenvalue weighted by atomic mass is 9.69. The Kier molecular flexibility index (Phi) is 7.25. The topological polar surface area (TPSA) is 76.7 Å². The summed E-state index contributed by atoms with van der Waals surface area (Å²) in [5.41, 5.74) is -0.337. The molecule has 1 aromatic rings. The third-order valence-corrected chi connectivity index (χ3v) is 7.80. The second-order valence-electron chi connectivity index (χ2n) is 9.74. The van der Waals surface area contributed by atoms with Crippen molar-refractivity contribution in [3.8, 4) is 5.75 Å². The summed E-state index contributed by atoms with van der Waals surface area (Å²) in [6.07, 6.45) is 6.94. The second-order valence-corrected chi connectivity index (χ2v) is 10.2. The van der Waals surface area contributed by atoms with Crippen molar-refractivity contribution in [1.82, 2.24) is 10.6 Å². The van der Waals surface area contributed by atoms with E-state index in [0.29, 0.717) is 24.2 Å². The van der Waals surface area contributed by atoms with Crippen LogP contribution in [0.5, 0.6) is 5.75 Å². The van der Waals surface area contributed by atoms with Gasteiger partial charge in [0.2, 0.25) is 5.91 Å².